The summed E-state index contributed by atoms with van der Waals surface area (Å²) >= 11 is 0.785. The van der Waals surface area contributed by atoms with Crippen LogP contribution in [0.25, 0.3) is 17.0 Å². The molecule has 0 saturated heterocycles. The Kier molecular flexibility index (Phi) is 5.46. The summed E-state index contributed by atoms with van der Waals surface area (Å²) in [4.78, 5) is 18.1. The minimum Gasteiger partial charge on any atom is -0.454 e. The summed E-state index contributed by atoms with van der Waals surface area (Å²) in [6.45, 7) is 4.21. The lowest BCUT2D eigenvalue weighted by atomic mass is 10.1. The molecule has 6 rings (SSSR count). The van der Waals surface area contributed by atoms with Gasteiger partial charge in [0.2, 0.25) is 27.0 Å². The fraction of sp³-hybridized carbons (Fsp3) is 0.200. The maximum absolute atomic E-state index is 13.0. The number of nitrogens with one attached hydrogen (secondary N) is 1. The molecule has 3 aliphatic rings. The number of hydrogen-bond acceptors (Lipinski definition) is 8. The predicted octanol–water partition coefficient (Wildman–Crippen LogP) is 3.74. The Labute approximate surface area is 216 Å². The van der Waals surface area contributed by atoms with E-state index in [1.807, 2.05) is 49.4 Å². The van der Waals surface area contributed by atoms with Crippen LogP contribution in [-0.4, -0.2) is 52.5 Å². The van der Waals surface area contributed by atoms with Gasteiger partial charge in [0.15, 0.2) is 11.5 Å². The second-order valence-electron chi connectivity index (χ2n) is 8.60. The summed E-state index contributed by atoms with van der Waals surface area (Å²) in [6, 6.07) is 13.6. The molecule has 1 N–H and O–H groups in total. The number of amidine groups is 3. The zero-order valence-corrected chi connectivity index (χ0v) is 21.5. The average molecular weight is 536 g/mol. The molecule has 0 aliphatic carbocycles. The van der Waals surface area contributed by atoms with E-state index >= 15 is 0 Å². The molecule has 0 unspecified atom stereocenters. The third-order valence-electron chi connectivity index (χ3n) is 6.50. The molecular formula is C25H21N5O5S2. The van der Waals surface area contributed by atoms with Gasteiger partial charge in [-0.15, -0.1) is 0 Å². The first-order chi connectivity index (χ1) is 17.8. The van der Waals surface area contributed by atoms with Crippen molar-refractivity contribution in [3.63, 3.8) is 0 Å². The lowest BCUT2D eigenvalue weighted by Gasteiger charge is -2.24. The van der Waals surface area contributed by atoms with Gasteiger partial charge in [0.1, 0.15) is 5.84 Å². The number of aliphatic imine (C=N–C) groups is 1. The molecule has 0 spiro atoms. The topological polar surface area (TPSA) is 126 Å². The second kappa shape index (κ2) is 8.60. The van der Waals surface area contributed by atoms with Crippen LogP contribution in [0.4, 0.5) is 0 Å². The molecular weight excluding hydrogens is 514 g/mol. The Balaban J connectivity index is 1.44. The van der Waals surface area contributed by atoms with Crippen LogP contribution in [0.15, 0.2) is 57.4 Å². The zero-order valence-electron chi connectivity index (χ0n) is 19.9. The number of fused-ring (bicyclic) bond motifs is 3. The van der Waals surface area contributed by atoms with E-state index in [1.165, 1.54) is 6.92 Å². The Morgan fingerprint density at radius 2 is 1.95 bits per heavy atom. The minimum absolute atomic E-state index is 0.000615. The standard InChI is InChI=1S/C25H21N5O5S2/c1-3-37(32,33)25-28-36-24-27-23(31)18(22(26)30(24)25)11-17-14(2)29(19-7-5-4-6-16(17)19)12-15-8-9-20-21(10-15)35-13-34-20/h4-11,26H,3,12-13H2,1-2H3/b18-11-,26-22?. The van der Waals surface area contributed by atoms with Crippen molar-refractivity contribution in [2.45, 2.75) is 20.4 Å². The second-order valence-corrected chi connectivity index (χ2v) is 11.5. The molecule has 4 heterocycles. The van der Waals surface area contributed by atoms with Crippen LogP contribution in [0.3, 0.4) is 0 Å². The van der Waals surface area contributed by atoms with Gasteiger partial charge < -0.3 is 14.0 Å². The Hall–Kier alpha value is -3.90. The number of rotatable bonds is 4. The van der Waals surface area contributed by atoms with Crippen LogP contribution in [-0.2, 0) is 21.2 Å². The third-order valence-corrected chi connectivity index (χ3v) is 8.91. The van der Waals surface area contributed by atoms with E-state index in [-0.39, 0.29) is 34.3 Å². The summed E-state index contributed by atoms with van der Waals surface area (Å²) < 4.78 is 42.2. The first-order valence-corrected chi connectivity index (χ1v) is 13.9. The number of sulfone groups is 1. The first kappa shape index (κ1) is 23.5. The van der Waals surface area contributed by atoms with E-state index in [0.29, 0.717) is 18.0 Å². The Morgan fingerprint density at radius 1 is 1.16 bits per heavy atom. The summed E-state index contributed by atoms with van der Waals surface area (Å²) in [5, 5.41) is 9.43. The molecule has 0 atom stereocenters. The van der Waals surface area contributed by atoms with Gasteiger partial charge in [0.05, 0.1) is 23.3 Å². The molecule has 1 aromatic heterocycles. The number of nitrogens with zero attached hydrogens (tertiary/aromatic N) is 4. The predicted molar refractivity (Wildman–Crippen MR) is 143 cm³/mol. The van der Waals surface area contributed by atoms with Crippen molar-refractivity contribution in [2.75, 3.05) is 12.5 Å². The van der Waals surface area contributed by atoms with Gasteiger partial charge in [-0.1, -0.05) is 31.2 Å². The number of carbonyl (C=O) groups excluding carboxylic acids is 1. The molecule has 3 aliphatic heterocycles. The minimum atomic E-state index is -3.72. The normalized spacial score (nSPS) is 18.0. The maximum atomic E-state index is 13.0. The van der Waals surface area contributed by atoms with Crippen molar-refractivity contribution in [3.05, 3.63) is 64.9 Å². The number of hydrogen-bond donors (Lipinski definition) is 1. The van der Waals surface area contributed by atoms with Crippen LogP contribution in [0.2, 0.25) is 0 Å². The van der Waals surface area contributed by atoms with E-state index in [9.17, 15) is 13.2 Å². The quantitative estimate of drug-likeness (QED) is 0.398. The van der Waals surface area contributed by atoms with E-state index in [1.54, 1.807) is 6.08 Å². The van der Waals surface area contributed by atoms with Gasteiger partial charge in [-0.2, -0.15) is 9.39 Å². The summed E-state index contributed by atoms with van der Waals surface area (Å²) in [5.41, 5.74) is 3.61. The van der Waals surface area contributed by atoms with Crippen LogP contribution in [0.5, 0.6) is 11.5 Å². The van der Waals surface area contributed by atoms with E-state index < -0.39 is 15.7 Å². The fourth-order valence-corrected chi connectivity index (χ4v) is 6.50. The zero-order chi connectivity index (χ0) is 25.9. The maximum Gasteiger partial charge on any atom is 0.283 e. The molecule has 0 bridgehead atoms. The first-order valence-electron chi connectivity index (χ1n) is 11.5. The third kappa shape index (κ3) is 3.75. The summed E-state index contributed by atoms with van der Waals surface area (Å²) in [6.07, 6.45) is 1.62. The van der Waals surface area contributed by atoms with Gasteiger partial charge in [-0.25, -0.2) is 13.3 Å². The van der Waals surface area contributed by atoms with Crippen LogP contribution >= 0.6 is 11.9 Å². The lowest BCUT2D eigenvalue weighted by molar-refractivity contribution is -0.114. The average Bonchev–Trinajstić information content (AvgIpc) is 3.59. The molecule has 3 aromatic rings. The Morgan fingerprint density at radius 3 is 2.76 bits per heavy atom. The molecule has 0 saturated carbocycles. The highest BCUT2D eigenvalue weighted by atomic mass is 32.2. The van der Waals surface area contributed by atoms with Gasteiger partial charge >= 0.3 is 0 Å². The molecule has 2 aromatic carbocycles. The van der Waals surface area contributed by atoms with Crippen LogP contribution in [0, 0.1) is 12.3 Å². The van der Waals surface area contributed by atoms with Crippen LogP contribution < -0.4 is 9.47 Å². The van der Waals surface area contributed by atoms with Crippen molar-refractivity contribution in [3.8, 4) is 11.5 Å². The molecule has 188 valence electrons. The van der Waals surface area contributed by atoms with Crippen molar-refractivity contribution >= 4 is 60.8 Å². The monoisotopic (exact) mass is 535 g/mol. The molecule has 0 radical (unpaired) electrons. The van der Waals surface area contributed by atoms with Crippen molar-refractivity contribution in [2.24, 2.45) is 9.39 Å². The number of amides is 1. The van der Waals surface area contributed by atoms with Crippen LogP contribution in [0.1, 0.15) is 23.7 Å². The molecule has 10 nitrogen and oxygen atoms in total. The largest absolute Gasteiger partial charge is 0.454 e. The summed E-state index contributed by atoms with van der Waals surface area (Å²) in [5.74, 6) is 0.365. The van der Waals surface area contributed by atoms with E-state index in [0.717, 1.165) is 44.6 Å². The summed E-state index contributed by atoms with van der Waals surface area (Å²) in [7, 11) is -3.72. The van der Waals surface area contributed by atoms with E-state index in [2.05, 4.69) is 14.0 Å². The molecule has 1 amide bonds. The van der Waals surface area contributed by atoms with E-state index in [4.69, 9.17) is 14.9 Å². The number of benzene rings is 2. The van der Waals surface area contributed by atoms with Gasteiger partial charge in [0.25, 0.3) is 5.91 Å². The van der Waals surface area contributed by atoms with Gasteiger partial charge in [-0.3, -0.25) is 10.2 Å². The number of ether oxygens (including phenoxy) is 2. The van der Waals surface area contributed by atoms with Crippen molar-refractivity contribution < 1.29 is 22.7 Å². The SMILES string of the molecule is CCS(=O)(=O)C1=NSC2=NC(=O)/C(=C\c3c(C)n(Cc4ccc5c(c4)OCO5)c4ccccc34)C(=N)N21. The highest BCUT2D eigenvalue weighted by molar-refractivity contribution is 8.16. The highest BCUT2D eigenvalue weighted by Crippen LogP contribution is 2.35. The smallest absolute Gasteiger partial charge is 0.283 e. The van der Waals surface area contributed by atoms with Crippen molar-refractivity contribution in [1.82, 2.24) is 9.47 Å². The lowest BCUT2D eigenvalue weighted by Crippen LogP contribution is -2.45. The molecule has 37 heavy (non-hydrogen) atoms. The molecule has 0 fully saturated rings. The van der Waals surface area contributed by atoms with Gasteiger partial charge in [-0.05, 0) is 36.8 Å². The number of carbonyl (C=O) groups is 1. The molecule has 12 heteroatoms. The Bertz CT molecular complexity index is 1720. The van der Waals surface area contributed by atoms with Crippen molar-refractivity contribution in [1.29, 1.82) is 5.41 Å². The number of aromatic nitrogens is 1. The number of para-hydroxylation sites is 1. The van der Waals surface area contributed by atoms with Gasteiger partial charge in [0, 0.05) is 28.7 Å². The fourth-order valence-electron chi connectivity index (χ4n) is 4.54. The highest BCUT2D eigenvalue weighted by Gasteiger charge is 2.42.